The van der Waals surface area contributed by atoms with Crippen molar-refractivity contribution in [1.29, 1.82) is 0 Å². The van der Waals surface area contributed by atoms with Gasteiger partial charge in [-0.2, -0.15) is 0 Å². The zero-order chi connectivity index (χ0) is 12.5. The molecule has 4 nitrogen and oxygen atoms in total. The molecule has 0 N–H and O–H groups in total. The summed E-state index contributed by atoms with van der Waals surface area (Å²) in [5.74, 6) is 0. The lowest BCUT2D eigenvalue weighted by atomic mass is 10.2. The van der Waals surface area contributed by atoms with Gasteiger partial charge in [0.25, 0.3) is 0 Å². The molecule has 0 bridgehead atoms. The summed E-state index contributed by atoms with van der Waals surface area (Å²) in [6.07, 6.45) is 0.830. The molecule has 1 rings (SSSR count). The second-order valence-corrected chi connectivity index (χ2v) is 5.83. The third-order valence-electron chi connectivity index (χ3n) is 2.91. The summed E-state index contributed by atoms with van der Waals surface area (Å²) in [6, 6.07) is 0.713. The highest BCUT2D eigenvalue weighted by Gasteiger charge is 2.35. The van der Waals surface area contributed by atoms with E-state index in [0.29, 0.717) is 6.04 Å². The van der Waals surface area contributed by atoms with E-state index >= 15 is 0 Å². The first-order valence-electron chi connectivity index (χ1n) is 5.87. The molecule has 2 unspecified atom stereocenters. The Morgan fingerprint density at radius 2 is 1.94 bits per heavy atom. The van der Waals surface area contributed by atoms with Crippen LogP contribution in [0.5, 0.6) is 0 Å². The number of ether oxygens (including phenoxy) is 1. The molecule has 16 heavy (non-hydrogen) atoms. The summed E-state index contributed by atoms with van der Waals surface area (Å²) < 4.78 is 5.39. The van der Waals surface area contributed by atoms with Crippen molar-refractivity contribution in [3.8, 4) is 0 Å². The van der Waals surface area contributed by atoms with Gasteiger partial charge in [0, 0.05) is 18.6 Å². The van der Waals surface area contributed by atoms with Crippen LogP contribution < -0.4 is 0 Å². The minimum atomic E-state index is -0.410. The lowest BCUT2D eigenvalue weighted by Gasteiger charge is -2.27. The van der Waals surface area contributed by atoms with Crippen LogP contribution >= 0.6 is 0 Å². The average molecular weight is 228 g/mol. The number of carbonyl (C=O) groups is 1. The maximum atomic E-state index is 11.9. The number of nitrogens with zero attached hydrogens (tertiary/aromatic N) is 2. The molecule has 1 amide bonds. The van der Waals surface area contributed by atoms with Gasteiger partial charge in [-0.3, -0.25) is 0 Å². The molecule has 4 heteroatoms. The fourth-order valence-corrected chi connectivity index (χ4v) is 1.95. The normalized spacial score (nSPS) is 26.3. The number of likely N-dealkylation sites (tertiary alicyclic amines) is 1. The smallest absolute Gasteiger partial charge is 0.410 e. The average Bonchev–Trinajstić information content (AvgIpc) is 2.44. The van der Waals surface area contributed by atoms with Crippen LogP contribution in [0.2, 0.25) is 0 Å². The maximum Gasteiger partial charge on any atom is 0.410 e. The van der Waals surface area contributed by atoms with Crippen LogP contribution in [-0.4, -0.2) is 54.2 Å². The Balaban J connectivity index is 2.58. The fourth-order valence-electron chi connectivity index (χ4n) is 1.95. The highest BCUT2D eigenvalue weighted by Crippen LogP contribution is 2.22. The quantitative estimate of drug-likeness (QED) is 0.687. The molecule has 0 spiro atoms. The van der Waals surface area contributed by atoms with Gasteiger partial charge in [0.1, 0.15) is 5.60 Å². The van der Waals surface area contributed by atoms with Crippen LogP contribution in [0, 0.1) is 0 Å². The Morgan fingerprint density at radius 1 is 1.38 bits per heavy atom. The Kier molecular flexibility index (Phi) is 3.84. The van der Waals surface area contributed by atoms with Crippen LogP contribution in [-0.2, 0) is 4.74 Å². The van der Waals surface area contributed by atoms with Gasteiger partial charge in [-0.1, -0.05) is 0 Å². The highest BCUT2D eigenvalue weighted by atomic mass is 16.6. The summed E-state index contributed by atoms with van der Waals surface area (Å²) in [5, 5.41) is 0. The zero-order valence-corrected chi connectivity index (χ0v) is 11.3. The van der Waals surface area contributed by atoms with E-state index in [1.54, 1.807) is 0 Å². The van der Waals surface area contributed by atoms with E-state index in [-0.39, 0.29) is 12.1 Å². The molecule has 1 heterocycles. The first-order chi connectivity index (χ1) is 7.20. The largest absolute Gasteiger partial charge is 0.444 e. The molecule has 0 aromatic carbocycles. The van der Waals surface area contributed by atoms with E-state index in [9.17, 15) is 4.79 Å². The first kappa shape index (κ1) is 13.3. The van der Waals surface area contributed by atoms with Crippen LogP contribution in [0.4, 0.5) is 4.79 Å². The SMILES string of the molecule is CC1CC(N(C)C)CN1C(=O)OC(C)(C)C. The summed E-state index contributed by atoms with van der Waals surface area (Å²) in [7, 11) is 4.10. The molecule has 0 aromatic heterocycles. The summed E-state index contributed by atoms with van der Waals surface area (Å²) in [4.78, 5) is 15.9. The van der Waals surface area contributed by atoms with E-state index < -0.39 is 5.60 Å². The third-order valence-corrected chi connectivity index (χ3v) is 2.91. The molecule has 1 aliphatic rings. The van der Waals surface area contributed by atoms with E-state index in [2.05, 4.69) is 25.9 Å². The van der Waals surface area contributed by atoms with Gasteiger partial charge in [-0.05, 0) is 48.2 Å². The lowest BCUT2D eigenvalue weighted by molar-refractivity contribution is 0.0231. The number of hydrogen-bond acceptors (Lipinski definition) is 3. The van der Waals surface area contributed by atoms with Gasteiger partial charge in [-0.15, -0.1) is 0 Å². The van der Waals surface area contributed by atoms with Crippen LogP contribution in [0.1, 0.15) is 34.1 Å². The Hall–Kier alpha value is -0.770. The van der Waals surface area contributed by atoms with E-state index in [0.717, 1.165) is 13.0 Å². The van der Waals surface area contributed by atoms with Gasteiger partial charge < -0.3 is 14.5 Å². The maximum absolute atomic E-state index is 11.9. The molecule has 0 radical (unpaired) electrons. The Labute approximate surface area is 98.5 Å². The Bertz CT molecular complexity index is 258. The van der Waals surface area contributed by atoms with Gasteiger partial charge in [-0.25, -0.2) is 4.79 Å². The number of amides is 1. The zero-order valence-electron chi connectivity index (χ0n) is 11.3. The molecular weight excluding hydrogens is 204 g/mol. The second kappa shape index (κ2) is 4.62. The van der Waals surface area contributed by atoms with E-state index in [1.165, 1.54) is 0 Å². The number of carbonyl (C=O) groups excluding carboxylic acids is 1. The van der Waals surface area contributed by atoms with Crippen molar-refractivity contribution >= 4 is 6.09 Å². The van der Waals surface area contributed by atoms with Crippen molar-refractivity contribution in [2.24, 2.45) is 0 Å². The minimum absolute atomic E-state index is 0.190. The predicted octanol–water partition coefficient (Wildman–Crippen LogP) is 1.95. The molecular formula is C12H24N2O2. The second-order valence-electron chi connectivity index (χ2n) is 5.83. The van der Waals surface area contributed by atoms with Crippen molar-refractivity contribution in [1.82, 2.24) is 9.80 Å². The van der Waals surface area contributed by atoms with Crippen LogP contribution in [0.25, 0.3) is 0 Å². The topological polar surface area (TPSA) is 32.8 Å². The van der Waals surface area contributed by atoms with Gasteiger partial charge >= 0.3 is 6.09 Å². The molecule has 0 aromatic rings. The third kappa shape index (κ3) is 3.37. The Morgan fingerprint density at radius 3 is 2.31 bits per heavy atom. The molecule has 1 fully saturated rings. The minimum Gasteiger partial charge on any atom is -0.444 e. The number of hydrogen-bond donors (Lipinski definition) is 0. The molecule has 1 saturated heterocycles. The van der Waals surface area contributed by atoms with E-state index in [4.69, 9.17) is 4.74 Å². The molecule has 94 valence electrons. The van der Waals surface area contributed by atoms with E-state index in [1.807, 2.05) is 25.7 Å². The number of rotatable bonds is 1. The van der Waals surface area contributed by atoms with Gasteiger partial charge in [0.15, 0.2) is 0 Å². The standard InChI is InChI=1S/C12H24N2O2/c1-9-7-10(13(5)6)8-14(9)11(15)16-12(2,3)4/h9-10H,7-8H2,1-6H3. The van der Waals surface area contributed by atoms with Crippen molar-refractivity contribution in [3.05, 3.63) is 0 Å². The predicted molar refractivity (Wildman–Crippen MR) is 64.5 cm³/mol. The van der Waals surface area contributed by atoms with Crippen LogP contribution in [0.15, 0.2) is 0 Å². The van der Waals surface area contributed by atoms with Crippen LogP contribution in [0.3, 0.4) is 0 Å². The summed E-state index contributed by atoms with van der Waals surface area (Å²) >= 11 is 0. The van der Waals surface area contributed by atoms with Crippen molar-refractivity contribution in [2.45, 2.75) is 51.8 Å². The monoisotopic (exact) mass is 228 g/mol. The molecule has 1 aliphatic heterocycles. The molecule has 0 aliphatic carbocycles. The van der Waals surface area contributed by atoms with Crippen molar-refractivity contribution in [2.75, 3.05) is 20.6 Å². The van der Waals surface area contributed by atoms with Crippen molar-refractivity contribution in [3.63, 3.8) is 0 Å². The van der Waals surface area contributed by atoms with Gasteiger partial charge in [0.2, 0.25) is 0 Å². The highest BCUT2D eigenvalue weighted by molar-refractivity contribution is 5.69. The molecule has 2 atom stereocenters. The van der Waals surface area contributed by atoms with Crippen molar-refractivity contribution < 1.29 is 9.53 Å². The van der Waals surface area contributed by atoms with Gasteiger partial charge in [0.05, 0.1) is 0 Å². The summed E-state index contributed by atoms with van der Waals surface area (Å²) in [5.41, 5.74) is -0.410. The molecule has 0 saturated carbocycles. The number of likely N-dealkylation sites (N-methyl/N-ethyl adjacent to an activating group) is 1. The fraction of sp³-hybridized carbons (Fsp3) is 0.917. The lowest BCUT2D eigenvalue weighted by Crippen LogP contribution is -2.40. The summed E-state index contributed by atoms with van der Waals surface area (Å²) in [6.45, 7) is 8.54. The first-order valence-corrected chi connectivity index (χ1v) is 5.87.